The van der Waals surface area contributed by atoms with Crippen LogP contribution in [-0.4, -0.2) is 23.7 Å². The van der Waals surface area contributed by atoms with Crippen LogP contribution in [-0.2, 0) is 0 Å². The van der Waals surface area contributed by atoms with Crippen LogP contribution in [0, 0.1) is 25.6 Å². The molecule has 0 aliphatic carbocycles. The largest absolute Gasteiger partial charge is 0.396 e. The van der Waals surface area contributed by atoms with Crippen LogP contribution >= 0.6 is 0 Å². The number of aliphatic hydroxyl groups excluding tert-OH is 1. The van der Waals surface area contributed by atoms with E-state index in [9.17, 15) is 9.18 Å². The van der Waals surface area contributed by atoms with Crippen molar-refractivity contribution in [2.45, 2.75) is 33.7 Å². The molecule has 1 amide bonds. The van der Waals surface area contributed by atoms with Crippen molar-refractivity contribution in [1.29, 1.82) is 0 Å². The summed E-state index contributed by atoms with van der Waals surface area (Å²) in [7, 11) is 0. The van der Waals surface area contributed by atoms with E-state index in [2.05, 4.69) is 5.32 Å². The van der Waals surface area contributed by atoms with Crippen LogP contribution in [0.25, 0.3) is 0 Å². The van der Waals surface area contributed by atoms with Crippen LogP contribution < -0.4 is 5.32 Å². The SMILES string of the molecule is Cc1cc(C(=O)NC(C)C(C)CO)cc(C)c1F. The number of benzene rings is 1. The average Bonchev–Trinajstić information content (AvgIpc) is 2.33. The number of amides is 1. The van der Waals surface area contributed by atoms with Gasteiger partial charge in [-0.05, 0) is 49.9 Å². The third-order valence-electron chi connectivity index (χ3n) is 3.20. The van der Waals surface area contributed by atoms with Crippen molar-refractivity contribution in [3.63, 3.8) is 0 Å². The van der Waals surface area contributed by atoms with Gasteiger partial charge < -0.3 is 10.4 Å². The number of rotatable bonds is 4. The van der Waals surface area contributed by atoms with Crippen LogP contribution in [0.1, 0.15) is 35.3 Å². The fourth-order valence-corrected chi connectivity index (χ4v) is 1.67. The Morgan fingerprint density at radius 2 is 1.83 bits per heavy atom. The van der Waals surface area contributed by atoms with Gasteiger partial charge in [-0.2, -0.15) is 0 Å². The monoisotopic (exact) mass is 253 g/mol. The van der Waals surface area contributed by atoms with E-state index in [1.165, 1.54) is 12.1 Å². The zero-order valence-corrected chi connectivity index (χ0v) is 11.2. The predicted molar refractivity (Wildman–Crippen MR) is 69.1 cm³/mol. The molecule has 4 heteroatoms. The quantitative estimate of drug-likeness (QED) is 0.864. The first-order valence-electron chi connectivity index (χ1n) is 6.05. The van der Waals surface area contributed by atoms with Crippen LogP contribution in [0.4, 0.5) is 4.39 Å². The molecule has 2 N–H and O–H groups in total. The second-order valence-electron chi connectivity index (χ2n) is 4.85. The van der Waals surface area contributed by atoms with Crippen LogP contribution in [0.5, 0.6) is 0 Å². The number of nitrogens with one attached hydrogen (secondary N) is 1. The molecule has 2 atom stereocenters. The minimum absolute atomic E-state index is 0.0168. The fraction of sp³-hybridized carbons (Fsp3) is 0.500. The predicted octanol–water partition coefficient (Wildman–Crippen LogP) is 2.19. The van der Waals surface area contributed by atoms with E-state index in [0.717, 1.165) is 0 Å². The molecule has 0 heterocycles. The van der Waals surface area contributed by atoms with E-state index in [1.54, 1.807) is 13.8 Å². The molecule has 1 aromatic carbocycles. The van der Waals surface area contributed by atoms with Gasteiger partial charge in [-0.3, -0.25) is 4.79 Å². The highest BCUT2D eigenvalue weighted by Gasteiger charge is 2.16. The maximum atomic E-state index is 13.5. The minimum Gasteiger partial charge on any atom is -0.396 e. The maximum absolute atomic E-state index is 13.5. The van der Waals surface area contributed by atoms with E-state index in [4.69, 9.17) is 5.11 Å². The second kappa shape index (κ2) is 5.96. The topological polar surface area (TPSA) is 49.3 Å². The number of carbonyl (C=O) groups is 1. The molecule has 18 heavy (non-hydrogen) atoms. The molecule has 2 unspecified atom stereocenters. The molecule has 0 aliphatic heterocycles. The van der Waals surface area contributed by atoms with Crippen LogP contribution in [0.15, 0.2) is 12.1 Å². The molecule has 1 aromatic rings. The molecule has 0 saturated heterocycles. The first kappa shape index (κ1) is 14.6. The first-order chi connectivity index (χ1) is 8.36. The number of aliphatic hydroxyl groups is 1. The lowest BCUT2D eigenvalue weighted by molar-refractivity contribution is 0.0916. The number of hydrogen-bond acceptors (Lipinski definition) is 2. The standard InChI is InChI=1S/C14H20FNO2/c1-8-5-12(6-9(2)13(8)15)14(18)16-11(4)10(3)7-17/h5-6,10-11,17H,7H2,1-4H3,(H,16,18). The highest BCUT2D eigenvalue weighted by atomic mass is 19.1. The summed E-state index contributed by atoms with van der Waals surface area (Å²) in [6.07, 6.45) is 0. The van der Waals surface area contributed by atoms with Crippen molar-refractivity contribution < 1.29 is 14.3 Å². The Balaban J connectivity index is 2.85. The van der Waals surface area contributed by atoms with E-state index in [1.807, 2.05) is 13.8 Å². The van der Waals surface area contributed by atoms with Gasteiger partial charge in [0.15, 0.2) is 0 Å². The molecule has 0 radical (unpaired) electrons. The highest BCUT2D eigenvalue weighted by Crippen LogP contribution is 2.15. The van der Waals surface area contributed by atoms with E-state index >= 15 is 0 Å². The van der Waals surface area contributed by atoms with Gasteiger partial charge in [0, 0.05) is 18.2 Å². The fourth-order valence-electron chi connectivity index (χ4n) is 1.67. The molecule has 0 aliphatic rings. The second-order valence-corrected chi connectivity index (χ2v) is 4.85. The lowest BCUT2D eigenvalue weighted by Crippen LogP contribution is -2.38. The molecule has 0 bridgehead atoms. The molecule has 0 saturated carbocycles. The third-order valence-corrected chi connectivity index (χ3v) is 3.20. The summed E-state index contributed by atoms with van der Waals surface area (Å²) in [5, 5.41) is 11.8. The molecular weight excluding hydrogens is 233 g/mol. The number of carbonyl (C=O) groups excluding carboxylic acids is 1. The van der Waals surface area contributed by atoms with Gasteiger partial charge in [0.05, 0.1) is 0 Å². The van der Waals surface area contributed by atoms with Gasteiger partial charge in [0.25, 0.3) is 5.91 Å². The summed E-state index contributed by atoms with van der Waals surface area (Å²) in [4.78, 5) is 12.0. The summed E-state index contributed by atoms with van der Waals surface area (Å²) in [6.45, 7) is 6.98. The summed E-state index contributed by atoms with van der Waals surface area (Å²) in [5.41, 5.74) is 1.37. The van der Waals surface area contributed by atoms with Gasteiger partial charge >= 0.3 is 0 Å². The molecule has 0 spiro atoms. The number of hydrogen-bond donors (Lipinski definition) is 2. The molecule has 3 nitrogen and oxygen atoms in total. The van der Waals surface area contributed by atoms with Gasteiger partial charge in [-0.1, -0.05) is 6.92 Å². The Morgan fingerprint density at radius 1 is 1.33 bits per heavy atom. The highest BCUT2D eigenvalue weighted by molar-refractivity contribution is 5.94. The van der Waals surface area contributed by atoms with Crippen molar-refractivity contribution >= 4 is 5.91 Å². The lowest BCUT2D eigenvalue weighted by atomic mass is 10.0. The Kier molecular flexibility index (Phi) is 4.84. The molecule has 1 rings (SSSR count). The van der Waals surface area contributed by atoms with Crippen LogP contribution in [0.3, 0.4) is 0 Å². The van der Waals surface area contributed by atoms with E-state index in [0.29, 0.717) is 16.7 Å². The van der Waals surface area contributed by atoms with Gasteiger partial charge in [-0.25, -0.2) is 4.39 Å². The lowest BCUT2D eigenvalue weighted by Gasteiger charge is -2.19. The number of aryl methyl sites for hydroxylation is 2. The summed E-state index contributed by atoms with van der Waals surface area (Å²) < 4.78 is 13.5. The zero-order valence-electron chi connectivity index (χ0n) is 11.2. The van der Waals surface area contributed by atoms with Crippen molar-refractivity contribution in [3.05, 3.63) is 34.6 Å². The average molecular weight is 253 g/mol. The Bertz CT molecular complexity index is 422. The zero-order chi connectivity index (χ0) is 13.9. The third kappa shape index (κ3) is 3.29. The normalized spacial score (nSPS) is 14.1. The Morgan fingerprint density at radius 3 is 2.28 bits per heavy atom. The smallest absolute Gasteiger partial charge is 0.251 e. The molecule has 0 fully saturated rings. The van der Waals surface area contributed by atoms with Gasteiger partial charge in [0.2, 0.25) is 0 Å². The minimum atomic E-state index is -0.275. The van der Waals surface area contributed by atoms with Crippen molar-refractivity contribution in [1.82, 2.24) is 5.32 Å². The van der Waals surface area contributed by atoms with Crippen LogP contribution in [0.2, 0.25) is 0 Å². The maximum Gasteiger partial charge on any atom is 0.251 e. The van der Waals surface area contributed by atoms with E-state index < -0.39 is 0 Å². The van der Waals surface area contributed by atoms with Crippen molar-refractivity contribution in [3.8, 4) is 0 Å². The van der Waals surface area contributed by atoms with Gasteiger partial charge in [-0.15, -0.1) is 0 Å². The van der Waals surface area contributed by atoms with Crippen molar-refractivity contribution in [2.24, 2.45) is 5.92 Å². The van der Waals surface area contributed by atoms with E-state index in [-0.39, 0.29) is 30.3 Å². The molecule has 0 aromatic heterocycles. The summed E-state index contributed by atoms with van der Waals surface area (Å²) in [6, 6.07) is 2.94. The molecular formula is C14H20FNO2. The Hall–Kier alpha value is -1.42. The molecule has 100 valence electrons. The summed E-state index contributed by atoms with van der Waals surface area (Å²) in [5.74, 6) is -0.533. The van der Waals surface area contributed by atoms with Crippen molar-refractivity contribution in [2.75, 3.05) is 6.61 Å². The first-order valence-corrected chi connectivity index (χ1v) is 6.05. The summed E-state index contributed by atoms with van der Waals surface area (Å²) >= 11 is 0. The van der Waals surface area contributed by atoms with Gasteiger partial charge in [0.1, 0.15) is 5.82 Å². The Labute approximate surface area is 107 Å². The number of halogens is 1.